The zero-order chi connectivity index (χ0) is 21.3. The van der Waals surface area contributed by atoms with Gasteiger partial charge in [-0.1, -0.05) is 6.07 Å². The second kappa shape index (κ2) is 7.60. The van der Waals surface area contributed by atoms with Crippen LogP contribution in [-0.2, 0) is 4.79 Å². The number of aromatic nitrogens is 1. The quantitative estimate of drug-likeness (QED) is 0.703. The first-order valence-electron chi connectivity index (χ1n) is 9.28. The number of ether oxygens (including phenoxy) is 2. The highest BCUT2D eigenvalue weighted by Gasteiger charge is 2.54. The summed E-state index contributed by atoms with van der Waals surface area (Å²) in [5.41, 5.74) is 6.69. The Labute approximate surface area is 169 Å². The Hall–Kier alpha value is -3.31. The first kappa shape index (κ1) is 20.4. The summed E-state index contributed by atoms with van der Waals surface area (Å²) in [5.74, 6) is -1.15. The van der Waals surface area contributed by atoms with E-state index >= 15 is 0 Å². The first-order chi connectivity index (χ1) is 13.8. The van der Waals surface area contributed by atoms with Crippen molar-refractivity contribution in [1.29, 1.82) is 5.26 Å². The molecule has 0 radical (unpaired) electrons. The molecule has 3 atom stereocenters. The zero-order valence-electron chi connectivity index (χ0n) is 16.8. The lowest BCUT2D eigenvalue weighted by Gasteiger charge is -2.45. The third-order valence-corrected chi connectivity index (χ3v) is 5.37. The van der Waals surface area contributed by atoms with Crippen LogP contribution in [-0.4, -0.2) is 41.4 Å². The van der Waals surface area contributed by atoms with Crippen molar-refractivity contribution >= 4 is 11.6 Å². The maximum atomic E-state index is 12.5. The maximum Gasteiger partial charge on any atom is 0.252 e. The second-order valence-electron chi connectivity index (χ2n) is 7.03. The molecule has 3 rings (SSSR count). The number of anilines is 1. The standard InChI is InChI=1S/C21H24N4O4/c1-5-29-19-16-17(14-7-6-13(9-22)8-15(14)28-4)21(27,20(23)26)12(3)25-18(16)11(2)10-24-19/h6-8,10,12,17,25,27H,5H2,1-4H3,(H2,23,26). The van der Waals surface area contributed by atoms with E-state index in [9.17, 15) is 15.2 Å². The molecular formula is C21H24N4O4. The second-order valence-corrected chi connectivity index (χ2v) is 7.03. The Balaban J connectivity index is 2.40. The molecule has 2 heterocycles. The average Bonchev–Trinajstić information content (AvgIpc) is 2.71. The molecule has 2 aromatic rings. The lowest BCUT2D eigenvalue weighted by atomic mass is 9.69. The van der Waals surface area contributed by atoms with Crippen LogP contribution < -0.4 is 20.5 Å². The topological polar surface area (TPSA) is 130 Å². The molecule has 0 bridgehead atoms. The summed E-state index contributed by atoms with van der Waals surface area (Å²) >= 11 is 0. The van der Waals surface area contributed by atoms with Gasteiger partial charge < -0.3 is 25.6 Å². The van der Waals surface area contributed by atoms with Gasteiger partial charge in [0, 0.05) is 23.0 Å². The SMILES string of the molecule is CCOc1ncc(C)c2c1C(c1ccc(C#N)cc1OC)C(O)(C(N)=O)C(C)N2. The first-order valence-corrected chi connectivity index (χ1v) is 9.28. The number of amides is 1. The van der Waals surface area contributed by atoms with Crippen molar-refractivity contribution in [3.8, 4) is 17.7 Å². The Bertz CT molecular complexity index is 1000. The van der Waals surface area contributed by atoms with Crippen LogP contribution in [0.2, 0.25) is 0 Å². The minimum Gasteiger partial charge on any atom is -0.496 e. The molecule has 0 saturated heterocycles. The number of fused-ring (bicyclic) bond motifs is 1. The van der Waals surface area contributed by atoms with Crippen LogP contribution in [0.1, 0.15) is 42.0 Å². The lowest BCUT2D eigenvalue weighted by molar-refractivity contribution is -0.139. The van der Waals surface area contributed by atoms with E-state index in [-0.39, 0.29) is 0 Å². The number of primary amides is 1. The van der Waals surface area contributed by atoms with Gasteiger partial charge in [-0.15, -0.1) is 0 Å². The summed E-state index contributed by atoms with van der Waals surface area (Å²) in [5, 5.41) is 24.0. The van der Waals surface area contributed by atoms with Crippen molar-refractivity contribution in [1.82, 2.24) is 4.98 Å². The number of carbonyl (C=O) groups excluding carboxylic acids is 1. The van der Waals surface area contributed by atoms with E-state index in [1.807, 2.05) is 13.8 Å². The number of pyridine rings is 1. The van der Waals surface area contributed by atoms with E-state index in [4.69, 9.17) is 15.2 Å². The number of methoxy groups -OCH3 is 1. The molecule has 0 spiro atoms. The molecule has 152 valence electrons. The van der Waals surface area contributed by atoms with E-state index in [1.54, 1.807) is 31.3 Å². The van der Waals surface area contributed by atoms with Gasteiger partial charge >= 0.3 is 0 Å². The Morgan fingerprint density at radius 2 is 2.21 bits per heavy atom. The molecule has 8 nitrogen and oxygen atoms in total. The highest BCUT2D eigenvalue weighted by atomic mass is 16.5. The third-order valence-electron chi connectivity index (χ3n) is 5.37. The van der Waals surface area contributed by atoms with Gasteiger partial charge in [0.2, 0.25) is 5.88 Å². The molecule has 0 aliphatic carbocycles. The molecule has 0 fully saturated rings. The van der Waals surface area contributed by atoms with Gasteiger partial charge in [0.05, 0.1) is 37.3 Å². The number of aliphatic hydroxyl groups is 1. The molecule has 1 aliphatic heterocycles. The number of carbonyl (C=O) groups is 1. The number of hydrogen-bond donors (Lipinski definition) is 3. The van der Waals surface area contributed by atoms with Crippen molar-refractivity contribution < 1.29 is 19.4 Å². The summed E-state index contributed by atoms with van der Waals surface area (Å²) in [6, 6.07) is 6.19. The van der Waals surface area contributed by atoms with Gasteiger partial charge in [0.15, 0.2) is 5.60 Å². The van der Waals surface area contributed by atoms with Gasteiger partial charge in [0.25, 0.3) is 5.91 Å². The monoisotopic (exact) mass is 396 g/mol. The number of nitrogens with two attached hydrogens (primary N) is 1. The molecule has 1 aromatic carbocycles. The summed E-state index contributed by atoms with van der Waals surface area (Å²) in [6.07, 6.45) is 1.67. The fraction of sp³-hybridized carbons (Fsp3) is 0.381. The predicted octanol–water partition coefficient (Wildman–Crippen LogP) is 1.83. The number of benzene rings is 1. The number of rotatable bonds is 5. The predicted molar refractivity (Wildman–Crippen MR) is 107 cm³/mol. The smallest absolute Gasteiger partial charge is 0.252 e. The maximum absolute atomic E-state index is 12.5. The highest BCUT2D eigenvalue weighted by Crippen LogP contribution is 2.51. The molecule has 8 heteroatoms. The van der Waals surface area contributed by atoms with Gasteiger partial charge in [0.1, 0.15) is 5.75 Å². The molecule has 3 unspecified atom stereocenters. The van der Waals surface area contributed by atoms with Crippen molar-refractivity contribution in [2.45, 2.75) is 38.3 Å². The highest BCUT2D eigenvalue weighted by molar-refractivity contribution is 5.90. The Morgan fingerprint density at radius 1 is 1.48 bits per heavy atom. The van der Waals surface area contributed by atoms with Gasteiger partial charge in [-0.2, -0.15) is 5.26 Å². The van der Waals surface area contributed by atoms with Crippen LogP contribution in [0.15, 0.2) is 24.4 Å². The molecule has 1 amide bonds. The summed E-state index contributed by atoms with van der Waals surface area (Å²) in [6.45, 7) is 5.74. The molecule has 1 aromatic heterocycles. The number of hydrogen-bond acceptors (Lipinski definition) is 7. The van der Waals surface area contributed by atoms with Crippen LogP contribution in [0.3, 0.4) is 0 Å². The van der Waals surface area contributed by atoms with Crippen molar-refractivity contribution in [3.63, 3.8) is 0 Å². The van der Waals surface area contributed by atoms with E-state index in [1.165, 1.54) is 7.11 Å². The largest absolute Gasteiger partial charge is 0.496 e. The van der Waals surface area contributed by atoms with E-state index in [2.05, 4.69) is 16.4 Å². The molecular weight excluding hydrogens is 372 g/mol. The van der Waals surface area contributed by atoms with Gasteiger partial charge in [-0.05, 0) is 38.5 Å². The van der Waals surface area contributed by atoms with Gasteiger partial charge in [-0.25, -0.2) is 4.98 Å². The minimum absolute atomic E-state index is 0.295. The molecule has 0 saturated carbocycles. The van der Waals surface area contributed by atoms with E-state index in [0.717, 1.165) is 11.3 Å². The summed E-state index contributed by atoms with van der Waals surface area (Å²) < 4.78 is 11.2. The van der Waals surface area contributed by atoms with Gasteiger partial charge in [-0.3, -0.25) is 4.79 Å². The fourth-order valence-corrected chi connectivity index (χ4v) is 3.88. The number of aryl methyl sites for hydroxylation is 1. The average molecular weight is 396 g/mol. The zero-order valence-corrected chi connectivity index (χ0v) is 16.8. The van der Waals surface area contributed by atoms with Crippen LogP contribution in [0, 0.1) is 18.3 Å². The summed E-state index contributed by atoms with van der Waals surface area (Å²) in [4.78, 5) is 16.9. The Kier molecular flexibility index (Phi) is 5.36. The van der Waals surface area contributed by atoms with E-state index < -0.39 is 23.5 Å². The van der Waals surface area contributed by atoms with Crippen molar-refractivity contribution in [3.05, 3.63) is 46.6 Å². The van der Waals surface area contributed by atoms with Crippen LogP contribution >= 0.6 is 0 Å². The van der Waals surface area contributed by atoms with Crippen LogP contribution in [0.25, 0.3) is 0 Å². The molecule has 4 N–H and O–H groups in total. The lowest BCUT2D eigenvalue weighted by Crippen LogP contribution is -2.61. The number of nitriles is 1. The Morgan fingerprint density at radius 3 is 2.79 bits per heavy atom. The third kappa shape index (κ3) is 3.13. The minimum atomic E-state index is -1.99. The van der Waals surface area contributed by atoms with Crippen LogP contribution in [0.4, 0.5) is 5.69 Å². The molecule has 1 aliphatic rings. The number of nitrogens with zero attached hydrogens (tertiary/aromatic N) is 2. The van der Waals surface area contributed by atoms with Crippen molar-refractivity contribution in [2.75, 3.05) is 19.0 Å². The normalized spacial score (nSPS) is 22.8. The fourth-order valence-electron chi connectivity index (χ4n) is 3.88. The number of nitrogens with one attached hydrogen (secondary N) is 1. The summed E-state index contributed by atoms with van der Waals surface area (Å²) in [7, 11) is 1.46. The van der Waals surface area contributed by atoms with Crippen LogP contribution in [0.5, 0.6) is 11.6 Å². The van der Waals surface area contributed by atoms with Crippen molar-refractivity contribution in [2.24, 2.45) is 5.73 Å². The van der Waals surface area contributed by atoms with E-state index in [0.29, 0.717) is 34.9 Å². The molecule has 29 heavy (non-hydrogen) atoms.